The number of furan rings is 1. The van der Waals surface area contributed by atoms with Crippen molar-refractivity contribution in [2.75, 3.05) is 0 Å². The lowest BCUT2D eigenvalue weighted by atomic mass is 10.1. The van der Waals surface area contributed by atoms with Gasteiger partial charge in [-0.2, -0.15) is 5.10 Å². The Morgan fingerprint density at radius 2 is 1.73 bits per heavy atom. The lowest BCUT2D eigenvalue weighted by molar-refractivity contribution is -0.384. The fraction of sp³-hybridized carbons (Fsp3) is 0. The minimum atomic E-state index is -1.07. The number of carbonyl (C=O) groups is 1. The lowest BCUT2D eigenvalue weighted by Crippen LogP contribution is -1.93. The first-order valence-corrected chi connectivity index (χ1v) is 8.92. The van der Waals surface area contributed by atoms with E-state index in [2.05, 4.69) is 5.10 Å². The number of carboxylic acid groups (broad SMARTS) is 1. The van der Waals surface area contributed by atoms with Crippen LogP contribution in [0.2, 0.25) is 0 Å². The highest BCUT2D eigenvalue weighted by molar-refractivity contribution is 5.87. The first kappa shape index (κ1) is 18.9. The third-order valence-electron chi connectivity index (χ3n) is 4.37. The van der Waals surface area contributed by atoms with E-state index in [-0.39, 0.29) is 5.69 Å². The van der Waals surface area contributed by atoms with Gasteiger partial charge < -0.3 is 9.52 Å². The molecule has 0 spiro atoms. The van der Waals surface area contributed by atoms with E-state index in [4.69, 9.17) is 9.52 Å². The standard InChI is InChI=1S/C22H15N3O5/c26-21(27)13-8-16-14-24(17-4-2-1-3-5-17)23-22(16)20-12-11-19(30-20)15-6-9-18(10-7-15)25(28)29/h1-14H,(H,26,27)/b13-8+. The minimum Gasteiger partial charge on any atom is -0.478 e. The number of nitro groups is 1. The third-order valence-corrected chi connectivity index (χ3v) is 4.37. The molecule has 0 unspecified atom stereocenters. The van der Waals surface area contributed by atoms with Crippen LogP contribution in [0.15, 0.2) is 83.4 Å². The van der Waals surface area contributed by atoms with Crippen LogP contribution in [-0.4, -0.2) is 25.8 Å². The summed E-state index contributed by atoms with van der Waals surface area (Å²) in [5.41, 5.74) is 2.54. The number of hydrogen-bond acceptors (Lipinski definition) is 5. The molecule has 0 radical (unpaired) electrons. The maximum atomic E-state index is 11.0. The number of carboxylic acids is 1. The van der Waals surface area contributed by atoms with Gasteiger partial charge in [-0.3, -0.25) is 10.1 Å². The molecule has 0 atom stereocenters. The van der Waals surface area contributed by atoms with Crippen molar-refractivity contribution in [3.05, 3.63) is 94.7 Å². The number of benzene rings is 2. The predicted molar refractivity (Wildman–Crippen MR) is 110 cm³/mol. The van der Waals surface area contributed by atoms with Crippen molar-refractivity contribution in [1.82, 2.24) is 9.78 Å². The summed E-state index contributed by atoms with van der Waals surface area (Å²) < 4.78 is 7.57. The molecule has 148 valence electrons. The van der Waals surface area contributed by atoms with Crippen LogP contribution in [0.1, 0.15) is 5.56 Å². The fourth-order valence-corrected chi connectivity index (χ4v) is 2.94. The summed E-state index contributed by atoms with van der Waals surface area (Å²) in [6, 6.07) is 18.9. The van der Waals surface area contributed by atoms with E-state index in [9.17, 15) is 14.9 Å². The first-order valence-electron chi connectivity index (χ1n) is 8.92. The Hall–Kier alpha value is -4.46. The van der Waals surface area contributed by atoms with Crippen LogP contribution < -0.4 is 0 Å². The Labute approximate surface area is 170 Å². The summed E-state index contributed by atoms with van der Waals surface area (Å²) in [6.07, 6.45) is 4.21. The number of non-ortho nitro benzene ring substituents is 1. The molecule has 2 aromatic heterocycles. The predicted octanol–water partition coefficient (Wildman–Crippen LogP) is 4.81. The van der Waals surface area contributed by atoms with E-state index >= 15 is 0 Å². The first-order chi connectivity index (χ1) is 14.5. The molecule has 8 nitrogen and oxygen atoms in total. The number of nitro benzene ring substituents is 1. The summed E-state index contributed by atoms with van der Waals surface area (Å²) in [5.74, 6) is -0.107. The molecule has 4 aromatic rings. The number of rotatable bonds is 6. The van der Waals surface area contributed by atoms with Gasteiger partial charge in [0.05, 0.1) is 10.6 Å². The zero-order valence-corrected chi connectivity index (χ0v) is 15.5. The second kappa shape index (κ2) is 7.88. The van der Waals surface area contributed by atoms with Gasteiger partial charge in [0.15, 0.2) is 5.76 Å². The van der Waals surface area contributed by atoms with Crippen molar-refractivity contribution in [1.29, 1.82) is 0 Å². The quantitative estimate of drug-likeness (QED) is 0.282. The van der Waals surface area contributed by atoms with Crippen molar-refractivity contribution >= 4 is 17.7 Å². The second-order valence-electron chi connectivity index (χ2n) is 6.35. The summed E-state index contributed by atoms with van der Waals surface area (Å²) in [6.45, 7) is 0. The highest BCUT2D eigenvalue weighted by atomic mass is 16.6. The van der Waals surface area contributed by atoms with Gasteiger partial charge in [0.1, 0.15) is 11.5 Å². The summed E-state index contributed by atoms with van der Waals surface area (Å²) in [4.78, 5) is 21.3. The third kappa shape index (κ3) is 3.88. The molecule has 4 rings (SSSR count). The average Bonchev–Trinajstić information content (AvgIpc) is 3.40. The minimum absolute atomic E-state index is 0.00627. The van der Waals surface area contributed by atoms with Gasteiger partial charge >= 0.3 is 5.97 Å². The van der Waals surface area contributed by atoms with Crippen LogP contribution in [0.25, 0.3) is 34.5 Å². The number of aromatic nitrogens is 2. The molecule has 0 aliphatic carbocycles. The van der Waals surface area contributed by atoms with Crippen LogP contribution in [-0.2, 0) is 4.79 Å². The van der Waals surface area contributed by atoms with Gasteiger partial charge in [0.2, 0.25) is 0 Å². The molecular formula is C22H15N3O5. The Kier molecular flexibility index (Phi) is 4.96. The smallest absolute Gasteiger partial charge is 0.328 e. The topological polar surface area (TPSA) is 111 Å². The molecule has 2 aromatic carbocycles. The van der Waals surface area contributed by atoms with E-state index in [0.29, 0.717) is 28.3 Å². The monoisotopic (exact) mass is 401 g/mol. The molecule has 0 amide bonds. The summed E-state index contributed by atoms with van der Waals surface area (Å²) >= 11 is 0. The maximum absolute atomic E-state index is 11.0. The average molecular weight is 401 g/mol. The van der Waals surface area contributed by atoms with E-state index < -0.39 is 10.9 Å². The molecule has 1 N–H and O–H groups in total. The molecule has 0 bridgehead atoms. The van der Waals surface area contributed by atoms with Crippen molar-refractivity contribution in [2.45, 2.75) is 0 Å². The molecule has 0 aliphatic rings. The fourth-order valence-electron chi connectivity index (χ4n) is 2.94. The molecule has 30 heavy (non-hydrogen) atoms. The van der Waals surface area contributed by atoms with Gasteiger partial charge in [0, 0.05) is 35.5 Å². The number of hydrogen-bond donors (Lipinski definition) is 1. The summed E-state index contributed by atoms with van der Waals surface area (Å²) in [5, 5.41) is 24.4. The number of para-hydroxylation sites is 1. The van der Waals surface area contributed by atoms with E-state index in [1.54, 1.807) is 35.1 Å². The van der Waals surface area contributed by atoms with E-state index in [0.717, 1.165) is 11.8 Å². The summed E-state index contributed by atoms with van der Waals surface area (Å²) in [7, 11) is 0. The zero-order valence-electron chi connectivity index (χ0n) is 15.5. The Bertz CT molecular complexity index is 1240. The molecule has 0 saturated carbocycles. The molecule has 0 fully saturated rings. The van der Waals surface area contributed by atoms with Crippen LogP contribution >= 0.6 is 0 Å². The highest BCUT2D eigenvalue weighted by Crippen LogP contribution is 2.31. The Balaban J connectivity index is 1.73. The van der Waals surface area contributed by atoms with Crippen molar-refractivity contribution in [3.8, 4) is 28.5 Å². The highest BCUT2D eigenvalue weighted by Gasteiger charge is 2.16. The normalized spacial score (nSPS) is 11.1. The van der Waals surface area contributed by atoms with Crippen molar-refractivity contribution in [2.24, 2.45) is 0 Å². The van der Waals surface area contributed by atoms with Crippen molar-refractivity contribution < 1.29 is 19.2 Å². The number of aliphatic carboxylic acids is 1. The Morgan fingerprint density at radius 1 is 1.03 bits per heavy atom. The second-order valence-corrected chi connectivity index (χ2v) is 6.35. The molecule has 0 aliphatic heterocycles. The zero-order chi connectivity index (χ0) is 21.1. The van der Waals surface area contributed by atoms with Crippen LogP contribution in [0, 0.1) is 10.1 Å². The van der Waals surface area contributed by atoms with Crippen molar-refractivity contribution in [3.63, 3.8) is 0 Å². The SMILES string of the molecule is O=C(O)/C=C/c1cn(-c2ccccc2)nc1-c1ccc(-c2ccc([N+](=O)[O-])cc2)o1. The Morgan fingerprint density at radius 3 is 2.40 bits per heavy atom. The molecule has 0 saturated heterocycles. The maximum Gasteiger partial charge on any atom is 0.328 e. The van der Waals surface area contributed by atoms with E-state index in [1.165, 1.54) is 18.2 Å². The number of nitrogens with zero attached hydrogens (tertiary/aromatic N) is 3. The van der Waals surface area contributed by atoms with Crippen LogP contribution in [0.3, 0.4) is 0 Å². The van der Waals surface area contributed by atoms with Gasteiger partial charge in [-0.15, -0.1) is 0 Å². The molecule has 8 heteroatoms. The van der Waals surface area contributed by atoms with Crippen LogP contribution in [0.4, 0.5) is 5.69 Å². The van der Waals surface area contributed by atoms with Gasteiger partial charge in [0.25, 0.3) is 5.69 Å². The van der Waals surface area contributed by atoms with Crippen LogP contribution in [0.5, 0.6) is 0 Å². The molecular weight excluding hydrogens is 386 g/mol. The van der Waals surface area contributed by atoms with E-state index in [1.807, 2.05) is 30.3 Å². The lowest BCUT2D eigenvalue weighted by Gasteiger charge is -1.99. The van der Waals surface area contributed by atoms with Gasteiger partial charge in [-0.05, 0) is 42.5 Å². The molecule has 2 heterocycles. The van der Waals surface area contributed by atoms with Gasteiger partial charge in [-0.1, -0.05) is 18.2 Å². The van der Waals surface area contributed by atoms with Gasteiger partial charge in [-0.25, -0.2) is 9.48 Å². The largest absolute Gasteiger partial charge is 0.478 e.